The molecule has 23 heavy (non-hydrogen) atoms. The third-order valence-electron chi connectivity index (χ3n) is 2.96. The van der Waals surface area contributed by atoms with E-state index in [-0.39, 0.29) is 12.4 Å². The number of carbonyl (C=O) groups is 1. The number of amides is 1. The molecule has 0 aliphatic rings. The number of halogens is 2. The first-order valence-corrected chi connectivity index (χ1v) is 8.13. The minimum atomic E-state index is -0.919. The molecular weight excluding hydrogens is 324 g/mol. The number of nitrogens with one attached hydrogen (secondary N) is 1. The number of carbonyl (C=O) groups excluding carboxylic acids is 1. The van der Waals surface area contributed by atoms with Crippen LogP contribution in [0.4, 0.5) is 8.78 Å². The number of thioether (sulfide) groups is 1. The summed E-state index contributed by atoms with van der Waals surface area (Å²) in [6, 6.07) is 3.24. The molecule has 0 fully saturated rings. The minimum absolute atomic E-state index is 0.0929. The number of hydrogen-bond donors (Lipinski definition) is 1. The first-order chi connectivity index (χ1) is 11.0. The van der Waals surface area contributed by atoms with Gasteiger partial charge in [-0.05, 0) is 24.5 Å². The molecule has 0 saturated carbocycles. The van der Waals surface area contributed by atoms with Crippen molar-refractivity contribution in [3.8, 4) is 0 Å². The SMILES string of the molecule is CC(C)CCSc1nnc(CNC(=O)c2c(F)cccc2F)o1. The lowest BCUT2D eigenvalue weighted by Crippen LogP contribution is -2.25. The standard InChI is InChI=1S/C15H17F2N3O2S/c1-9(2)6-7-23-15-20-19-12(22-15)8-18-14(21)13-10(16)4-3-5-11(13)17/h3-5,9H,6-8H2,1-2H3,(H,18,21). The fraction of sp³-hybridized carbons (Fsp3) is 0.400. The van der Waals surface area contributed by atoms with Crippen molar-refractivity contribution in [1.82, 2.24) is 15.5 Å². The summed E-state index contributed by atoms with van der Waals surface area (Å²) < 4.78 is 32.3. The smallest absolute Gasteiger partial charge is 0.276 e. The molecule has 1 heterocycles. The molecule has 0 aliphatic heterocycles. The van der Waals surface area contributed by atoms with Crippen LogP contribution in [0.25, 0.3) is 0 Å². The maximum Gasteiger partial charge on any atom is 0.276 e. The average molecular weight is 341 g/mol. The van der Waals surface area contributed by atoms with E-state index in [0.717, 1.165) is 24.3 Å². The second-order valence-electron chi connectivity index (χ2n) is 5.27. The first kappa shape index (κ1) is 17.4. The quantitative estimate of drug-likeness (QED) is 0.782. The summed E-state index contributed by atoms with van der Waals surface area (Å²) in [5, 5.41) is 10.4. The zero-order chi connectivity index (χ0) is 16.8. The maximum atomic E-state index is 13.5. The summed E-state index contributed by atoms with van der Waals surface area (Å²) in [4.78, 5) is 11.8. The molecule has 0 aliphatic carbocycles. The van der Waals surface area contributed by atoms with Crippen LogP contribution in [-0.2, 0) is 6.54 Å². The molecule has 0 spiro atoms. The molecule has 1 aromatic carbocycles. The Bertz CT molecular complexity index is 656. The molecule has 0 radical (unpaired) electrons. The van der Waals surface area contributed by atoms with Crippen molar-refractivity contribution in [3.05, 3.63) is 41.3 Å². The van der Waals surface area contributed by atoms with Crippen LogP contribution in [0, 0.1) is 17.6 Å². The molecule has 124 valence electrons. The summed E-state index contributed by atoms with van der Waals surface area (Å²) in [5.74, 6) is -1.09. The van der Waals surface area contributed by atoms with Gasteiger partial charge in [0.25, 0.3) is 11.1 Å². The van der Waals surface area contributed by atoms with Crippen molar-refractivity contribution in [2.24, 2.45) is 5.92 Å². The van der Waals surface area contributed by atoms with Gasteiger partial charge >= 0.3 is 0 Å². The lowest BCUT2D eigenvalue weighted by molar-refractivity contribution is 0.0938. The van der Waals surface area contributed by atoms with Gasteiger partial charge < -0.3 is 9.73 Å². The third kappa shape index (κ3) is 5.02. The largest absolute Gasteiger partial charge is 0.414 e. The van der Waals surface area contributed by atoms with Crippen molar-refractivity contribution < 1.29 is 18.0 Å². The van der Waals surface area contributed by atoms with E-state index < -0.39 is 23.1 Å². The van der Waals surface area contributed by atoms with Gasteiger partial charge in [-0.25, -0.2) is 8.78 Å². The Balaban J connectivity index is 1.89. The number of nitrogens with zero attached hydrogens (tertiary/aromatic N) is 2. The molecule has 0 atom stereocenters. The van der Waals surface area contributed by atoms with Crippen molar-refractivity contribution in [2.45, 2.75) is 32.0 Å². The van der Waals surface area contributed by atoms with Gasteiger partial charge in [0.1, 0.15) is 17.2 Å². The fourth-order valence-corrected chi connectivity index (χ4v) is 2.73. The van der Waals surface area contributed by atoms with Gasteiger partial charge in [-0.15, -0.1) is 10.2 Å². The van der Waals surface area contributed by atoms with Gasteiger partial charge in [-0.1, -0.05) is 31.7 Å². The summed E-state index contributed by atoms with van der Waals surface area (Å²) in [6.07, 6.45) is 1.02. The molecule has 2 aromatic rings. The normalized spacial score (nSPS) is 11.0. The van der Waals surface area contributed by atoms with Crippen LogP contribution in [0.1, 0.15) is 36.5 Å². The van der Waals surface area contributed by atoms with Gasteiger partial charge in [-0.2, -0.15) is 0 Å². The highest BCUT2D eigenvalue weighted by Gasteiger charge is 2.17. The number of hydrogen-bond acceptors (Lipinski definition) is 5. The van der Waals surface area contributed by atoms with Gasteiger partial charge in [-0.3, -0.25) is 4.79 Å². The van der Waals surface area contributed by atoms with Gasteiger partial charge in [0.15, 0.2) is 0 Å². The molecule has 1 amide bonds. The molecule has 1 aromatic heterocycles. The maximum absolute atomic E-state index is 13.5. The Hall–Kier alpha value is -1.96. The topological polar surface area (TPSA) is 68.0 Å². The van der Waals surface area contributed by atoms with Crippen LogP contribution in [0.5, 0.6) is 0 Å². The fourth-order valence-electron chi connectivity index (χ4n) is 1.71. The molecule has 0 bridgehead atoms. The lowest BCUT2D eigenvalue weighted by Gasteiger charge is -2.04. The van der Waals surface area contributed by atoms with Crippen molar-refractivity contribution in [1.29, 1.82) is 0 Å². The van der Waals surface area contributed by atoms with E-state index in [2.05, 4.69) is 29.4 Å². The summed E-state index contributed by atoms with van der Waals surface area (Å²) in [5.41, 5.74) is -0.626. The second kappa shape index (κ2) is 8.05. The van der Waals surface area contributed by atoms with E-state index >= 15 is 0 Å². The Morgan fingerprint density at radius 2 is 2.00 bits per heavy atom. The zero-order valence-corrected chi connectivity index (χ0v) is 13.6. The van der Waals surface area contributed by atoms with Crippen LogP contribution in [0.15, 0.2) is 27.8 Å². The van der Waals surface area contributed by atoms with E-state index in [1.807, 2.05) is 0 Å². The molecule has 8 heteroatoms. The Kier molecular flexibility index (Phi) is 6.09. The van der Waals surface area contributed by atoms with Crippen LogP contribution in [-0.4, -0.2) is 21.9 Å². The Labute approximate surface area is 136 Å². The van der Waals surface area contributed by atoms with Gasteiger partial charge in [0.05, 0.1) is 6.54 Å². The predicted molar refractivity (Wildman–Crippen MR) is 82.0 cm³/mol. The summed E-state index contributed by atoms with van der Waals surface area (Å²) in [6.45, 7) is 4.15. The molecule has 5 nitrogen and oxygen atoms in total. The van der Waals surface area contributed by atoms with Crippen LogP contribution in [0.2, 0.25) is 0 Å². The summed E-state index contributed by atoms with van der Waals surface area (Å²) in [7, 11) is 0. The molecule has 0 unspecified atom stereocenters. The third-order valence-corrected chi connectivity index (χ3v) is 3.81. The summed E-state index contributed by atoms with van der Waals surface area (Å²) >= 11 is 1.43. The average Bonchev–Trinajstić information content (AvgIpc) is 2.92. The van der Waals surface area contributed by atoms with E-state index in [4.69, 9.17) is 4.42 Å². The number of aromatic nitrogens is 2. The van der Waals surface area contributed by atoms with Crippen molar-refractivity contribution >= 4 is 17.7 Å². The van der Waals surface area contributed by atoms with Crippen molar-refractivity contribution in [3.63, 3.8) is 0 Å². The highest BCUT2D eigenvalue weighted by atomic mass is 32.2. The Morgan fingerprint density at radius 1 is 1.30 bits per heavy atom. The Morgan fingerprint density at radius 3 is 2.65 bits per heavy atom. The molecule has 2 rings (SSSR count). The van der Waals surface area contributed by atoms with Gasteiger partial charge in [0, 0.05) is 5.75 Å². The van der Waals surface area contributed by atoms with E-state index in [9.17, 15) is 13.6 Å². The highest BCUT2D eigenvalue weighted by Crippen LogP contribution is 2.19. The van der Waals surface area contributed by atoms with E-state index in [1.165, 1.54) is 17.8 Å². The minimum Gasteiger partial charge on any atom is -0.414 e. The van der Waals surface area contributed by atoms with Crippen LogP contribution < -0.4 is 5.32 Å². The van der Waals surface area contributed by atoms with Crippen molar-refractivity contribution in [2.75, 3.05) is 5.75 Å². The predicted octanol–water partition coefficient (Wildman–Crippen LogP) is 3.42. The van der Waals surface area contributed by atoms with Crippen LogP contribution >= 0.6 is 11.8 Å². The highest BCUT2D eigenvalue weighted by molar-refractivity contribution is 7.99. The monoisotopic (exact) mass is 341 g/mol. The van der Waals surface area contributed by atoms with Gasteiger partial charge in [0.2, 0.25) is 5.89 Å². The number of rotatable bonds is 7. The second-order valence-corrected chi connectivity index (χ2v) is 6.32. The molecular formula is C15H17F2N3O2S. The number of benzene rings is 1. The molecule has 1 N–H and O–H groups in total. The lowest BCUT2D eigenvalue weighted by atomic mass is 10.2. The molecule has 0 saturated heterocycles. The van der Waals surface area contributed by atoms with E-state index in [0.29, 0.717) is 11.1 Å². The first-order valence-electron chi connectivity index (χ1n) is 7.14. The van der Waals surface area contributed by atoms with Crippen LogP contribution in [0.3, 0.4) is 0 Å². The van der Waals surface area contributed by atoms with E-state index in [1.54, 1.807) is 0 Å². The zero-order valence-electron chi connectivity index (χ0n) is 12.8.